The van der Waals surface area contributed by atoms with Crippen LogP contribution >= 0.6 is 11.3 Å². The second kappa shape index (κ2) is 7.78. The van der Waals surface area contributed by atoms with Crippen LogP contribution in [-0.2, 0) is 11.3 Å². The summed E-state index contributed by atoms with van der Waals surface area (Å²) in [5, 5.41) is 5.75. The van der Waals surface area contributed by atoms with E-state index in [-0.39, 0.29) is 11.9 Å². The fraction of sp³-hybridized carbons (Fsp3) is 0.500. The summed E-state index contributed by atoms with van der Waals surface area (Å²) in [4.78, 5) is 29.7. The molecular formula is C16H22N6OS. The molecule has 0 unspecified atom stereocenters. The first-order valence-electron chi connectivity index (χ1n) is 8.04. The minimum absolute atomic E-state index is 0.0496. The SMILES string of the molecule is C[C@H](C(=O)NCc1csc(-c2cnccn2)n1)N1CCN(C)CC1. The van der Waals surface area contributed by atoms with Crippen molar-refractivity contribution in [3.8, 4) is 10.7 Å². The molecule has 8 heteroatoms. The van der Waals surface area contributed by atoms with Crippen LogP contribution in [0.5, 0.6) is 0 Å². The van der Waals surface area contributed by atoms with Gasteiger partial charge >= 0.3 is 0 Å². The van der Waals surface area contributed by atoms with Gasteiger partial charge in [0.25, 0.3) is 0 Å². The molecule has 1 aliphatic heterocycles. The van der Waals surface area contributed by atoms with Crippen LogP contribution in [-0.4, -0.2) is 69.9 Å². The lowest BCUT2D eigenvalue weighted by Gasteiger charge is -2.35. The average molecular weight is 346 g/mol. The first-order chi connectivity index (χ1) is 11.6. The van der Waals surface area contributed by atoms with Crippen molar-refractivity contribution in [3.05, 3.63) is 29.7 Å². The van der Waals surface area contributed by atoms with Gasteiger partial charge in [0.05, 0.1) is 24.5 Å². The van der Waals surface area contributed by atoms with E-state index in [0.717, 1.165) is 42.6 Å². The highest BCUT2D eigenvalue weighted by molar-refractivity contribution is 7.13. The molecule has 0 aliphatic carbocycles. The van der Waals surface area contributed by atoms with Crippen molar-refractivity contribution in [3.63, 3.8) is 0 Å². The van der Waals surface area contributed by atoms with E-state index in [4.69, 9.17) is 0 Å². The third kappa shape index (κ3) is 4.14. The van der Waals surface area contributed by atoms with Crippen LogP contribution in [0.1, 0.15) is 12.6 Å². The number of aromatic nitrogens is 3. The summed E-state index contributed by atoms with van der Waals surface area (Å²) in [6.45, 7) is 6.27. The molecule has 7 nitrogen and oxygen atoms in total. The zero-order valence-electron chi connectivity index (χ0n) is 14.0. The standard InChI is InChI=1S/C16H22N6OS/c1-12(22-7-5-21(2)6-8-22)15(23)19-9-13-11-24-16(20-13)14-10-17-3-4-18-14/h3-4,10-12H,5-9H2,1-2H3,(H,19,23)/t12-/m1/s1. The molecule has 2 aromatic rings. The number of likely N-dealkylation sites (N-methyl/N-ethyl adjacent to an activating group) is 1. The Labute approximate surface area is 145 Å². The second-order valence-electron chi connectivity index (χ2n) is 5.97. The van der Waals surface area contributed by atoms with Crippen LogP contribution in [0.4, 0.5) is 0 Å². The maximum absolute atomic E-state index is 12.4. The third-order valence-electron chi connectivity index (χ3n) is 4.24. The number of nitrogens with one attached hydrogen (secondary N) is 1. The molecule has 0 aromatic carbocycles. The van der Waals surface area contributed by atoms with Crippen molar-refractivity contribution in [2.45, 2.75) is 19.5 Å². The van der Waals surface area contributed by atoms with E-state index in [1.165, 1.54) is 11.3 Å². The summed E-state index contributed by atoms with van der Waals surface area (Å²) >= 11 is 1.51. The summed E-state index contributed by atoms with van der Waals surface area (Å²) in [6.07, 6.45) is 4.98. The van der Waals surface area contributed by atoms with E-state index in [0.29, 0.717) is 6.54 Å². The first kappa shape index (κ1) is 16.9. The lowest BCUT2D eigenvalue weighted by molar-refractivity contribution is -0.126. The molecule has 0 radical (unpaired) electrons. The zero-order chi connectivity index (χ0) is 16.9. The summed E-state index contributed by atoms with van der Waals surface area (Å²) in [6, 6.07) is -0.114. The van der Waals surface area contributed by atoms with Crippen LogP contribution in [0.2, 0.25) is 0 Å². The first-order valence-corrected chi connectivity index (χ1v) is 8.92. The summed E-state index contributed by atoms with van der Waals surface area (Å²) < 4.78 is 0. The van der Waals surface area contributed by atoms with Crippen molar-refractivity contribution < 1.29 is 4.79 Å². The Morgan fingerprint density at radius 3 is 2.83 bits per heavy atom. The molecule has 1 aliphatic rings. The maximum Gasteiger partial charge on any atom is 0.237 e. The fourth-order valence-electron chi connectivity index (χ4n) is 2.62. The fourth-order valence-corrected chi connectivity index (χ4v) is 3.40. The number of thiazole rings is 1. The molecule has 0 spiro atoms. The maximum atomic E-state index is 12.4. The Hall–Kier alpha value is -1.90. The highest BCUT2D eigenvalue weighted by Crippen LogP contribution is 2.20. The van der Waals surface area contributed by atoms with Crippen molar-refractivity contribution >= 4 is 17.2 Å². The molecule has 128 valence electrons. The molecule has 1 amide bonds. The van der Waals surface area contributed by atoms with Crippen LogP contribution < -0.4 is 5.32 Å². The number of piperazine rings is 1. The largest absolute Gasteiger partial charge is 0.349 e. The quantitative estimate of drug-likeness (QED) is 0.865. The molecular weight excluding hydrogens is 324 g/mol. The molecule has 3 rings (SSSR count). The van der Waals surface area contributed by atoms with Crippen LogP contribution in [0.3, 0.4) is 0 Å². The summed E-state index contributed by atoms with van der Waals surface area (Å²) in [5.41, 5.74) is 1.60. The molecule has 1 N–H and O–H groups in total. The van der Waals surface area contributed by atoms with Gasteiger partial charge in [0.15, 0.2) is 0 Å². The molecule has 2 aromatic heterocycles. The van der Waals surface area contributed by atoms with Gasteiger partial charge in [0, 0.05) is 44.0 Å². The van der Waals surface area contributed by atoms with E-state index in [9.17, 15) is 4.79 Å². The van der Waals surface area contributed by atoms with Crippen molar-refractivity contribution in [1.29, 1.82) is 0 Å². The van der Waals surface area contributed by atoms with Gasteiger partial charge in [-0.2, -0.15) is 0 Å². The Morgan fingerprint density at radius 1 is 1.33 bits per heavy atom. The van der Waals surface area contributed by atoms with Crippen LogP contribution in [0.25, 0.3) is 10.7 Å². The summed E-state index contributed by atoms with van der Waals surface area (Å²) in [7, 11) is 2.11. The van der Waals surface area contributed by atoms with Crippen LogP contribution in [0, 0.1) is 0 Å². The zero-order valence-corrected chi connectivity index (χ0v) is 14.8. The van der Waals surface area contributed by atoms with Gasteiger partial charge in [0.1, 0.15) is 10.7 Å². The normalized spacial score (nSPS) is 17.6. The monoisotopic (exact) mass is 346 g/mol. The average Bonchev–Trinajstić information content (AvgIpc) is 3.09. The number of carbonyl (C=O) groups excluding carboxylic acids is 1. The minimum Gasteiger partial charge on any atom is -0.349 e. The Morgan fingerprint density at radius 2 is 2.12 bits per heavy atom. The molecule has 1 atom stereocenters. The van der Waals surface area contributed by atoms with Crippen molar-refractivity contribution in [2.24, 2.45) is 0 Å². The van der Waals surface area contributed by atoms with Gasteiger partial charge in [-0.3, -0.25) is 19.7 Å². The van der Waals surface area contributed by atoms with Crippen LogP contribution in [0.15, 0.2) is 24.0 Å². The van der Waals surface area contributed by atoms with Crippen molar-refractivity contribution in [1.82, 2.24) is 30.1 Å². The van der Waals surface area contributed by atoms with Gasteiger partial charge < -0.3 is 10.2 Å². The molecule has 1 fully saturated rings. The molecule has 0 saturated carbocycles. The third-order valence-corrected chi connectivity index (χ3v) is 5.16. The van der Waals surface area contributed by atoms with E-state index in [1.807, 2.05) is 12.3 Å². The molecule has 1 saturated heterocycles. The summed E-state index contributed by atoms with van der Waals surface area (Å²) in [5.74, 6) is 0.0496. The number of carbonyl (C=O) groups is 1. The predicted octanol–water partition coefficient (Wildman–Crippen LogP) is 0.852. The van der Waals surface area contributed by atoms with Gasteiger partial charge in [0.2, 0.25) is 5.91 Å². The Bertz CT molecular complexity index is 668. The molecule has 24 heavy (non-hydrogen) atoms. The van der Waals surface area contributed by atoms with Gasteiger partial charge in [-0.25, -0.2) is 4.98 Å². The van der Waals surface area contributed by atoms with E-state index in [2.05, 4.69) is 37.1 Å². The highest BCUT2D eigenvalue weighted by Gasteiger charge is 2.24. The van der Waals surface area contributed by atoms with Crippen molar-refractivity contribution in [2.75, 3.05) is 33.2 Å². The van der Waals surface area contributed by atoms with Gasteiger partial charge in [-0.05, 0) is 14.0 Å². The Balaban J connectivity index is 1.52. The lowest BCUT2D eigenvalue weighted by atomic mass is 10.2. The topological polar surface area (TPSA) is 74.2 Å². The molecule has 0 bridgehead atoms. The number of hydrogen-bond donors (Lipinski definition) is 1. The predicted molar refractivity (Wildman–Crippen MR) is 93.5 cm³/mol. The van der Waals surface area contributed by atoms with E-state index in [1.54, 1.807) is 18.6 Å². The number of amides is 1. The second-order valence-corrected chi connectivity index (χ2v) is 6.83. The van der Waals surface area contributed by atoms with Gasteiger partial charge in [-0.1, -0.05) is 0 Å². The number of hydrogen-bond acceptors (Lipinski definition) is 7. The smallest absolute Gasteiger partial charge is 0.237 e. The van der Waals surface area contributed by atoms with Gasteiger partial charge in [-0.15, -0.1) is 11.3 Å². The highest BCUT2D eigenvalue weighted by atomic mass is 32.1. The number of nitrogens with zero attached hydrogens (tertiary/aromatic N) is 5. The number of rotatable bonds is 5. The van der Waals surface area contributed by atoms with E-state index >= 15 is 0 Å². The molecule has 3 heterocycles. The Kier molecular flexibility index (Phi) is 5.49. The van der Waals surface area contributed by atoms with E-state index < -0.39 is 0 Å². The lowest BCUT2D eigenvalue weighted by Crippen LogP contribution is -2.52. The minimum atomic E-state index is -0.114.